The lowest BCUT2D eigenvalue weighted by Crippen LogP contribution is -2.02. The standard InChI is InChI=1S/C11H11FO/c1-2-5-10(13)8-9-6-3-4-7-11(9)12/h2-4,6-7H,1,5,8H2. The van der Waals surface area contributed by atoms with Crippen molar-refractivity contribution in [1.82, 2.24) is 0 Å². The molecule has 0 saturated carbocycles. The molecule has 0 aliphatic heterocycles. The summed E-state index contributed by atoms with van der Waals surface area (Å²) >= 11 is 0. The molecule has 0 aliphatic rings. The predicted octanol–water partition coefficient (Wildman–Crippen LogP) is 2.51. The molecule has 1 nitrogen and oxygen atoms in total. The van der Waals surface area contributed by atoms with E-state index in [4.69, 9.17) is 0 Å². The Labute approximate surface area is 76.9 Å². The van der Waals surface area contributed by atoms with Gasteiger partial charge in [0.25, 0.3) is 0 Å². The molecule has 0 unspecified atom stereocenters. The van der Waals surface area contributed by atoms with Crippen LogP contribution in [0.2, 0.25) is 0 Å². The molecule has 1 aromatic rings. The average Bonchev–Trinajstić information content (AvgIpc) is 2.09. The molecule has 68 valence electrons. The fourth-order valence-electron chi connectivity index (χ4n) is 1.09. The largest absolute Gasteiger partial charge is 0.299 e. The monoisotopic (exact) mass is 178 g/mol. The van der Waals surface area contributed by atoms with Gasteiger partial charge in [-0.05, 0) is 11.6 Å². The fraction of sp³-hybridized carbons (Fsp3) is 0.182. The first-order valence-electron chi connectivity index (χ1n) is 4.10. The third-order valence-corrected chi connectivity index (χ3v) is 1.72. The van der Waals surface area contributed by atoms with Crippen molar-refractivity contribution in [3.05, 3.63) is 48.3 Å². The summed E-state index contributed by atoms with van der Waals surface area (Å²) < 4.78 is 13.0. The lowest BCUT2D eigenvalue weighted by Gasteiger charge is -1.99. The predicted molar refractivity (Wildman–Crippen MR) is 49.9 cm³/mol. The Morgan fingerprint density at radius 1 is 1.46 bits per heavy atom. The molecule has 0 aliphatic carbocycles. The summed E-state index contributed by atoms with van der Waals surface area (Å²) in [7, 11) is 0. The zero-order valence-corrected chi connectivity index (χ0v) is 7.29. The topological polar surface area (TPSA) is 17.1 Å². The summed E-state index contributed by atoms with van der Waals surface area (Å²) in [6.07, 6.45) is 1.98. The molecule has 0 atom stereocenters. The van der Waals surface area contributed by atoms with E-state index in [-0.39, 0.29) is 18.0 Å². The number of Topliss-reactive ketones (excluding diaryl/α,β-unsaturated/α-hetero) is 1. The highest BCUT2D eigenvalue weighted by molar-refractivity contribution is 5.82. The first-order valence-corrected chi connectivity index (χ1v) is 4.10. The van der Waals surface area contributed by atoms with Crippen LogP contribution in [0.4, 0.5) is 4.39 Å². The minimum atomic E-state index is -0.320. The van der Waals surface area contributed by atoms with Crippen LogP contribution in [0.5, 0.6) is 0 Å². The van der Waals surface area contributed by atoms with Gasteiger partial charge >= 0.3 is 0 Å². The number of halogens is 1. The van der Waals surface area contributed by atoms with Crippen LogP contribution in [-0.4, -0.2) is 5.78 Å². The van der Waals surface area contributed by atoms with Gasteiger partial charge in [-0.25, -0.2) is 4.39 Å². The van der Waals surface area contributed by atoms with Gasteiger partial charge in [0.15, 0.2) is 0 Å². The van der Waals surface area contributed by atoms with Crippen LogP contribution < -0.4 is 0 Å². The van der Waals surface area contributed by atoms with Gasteiger partial charge in [0, 0.05) is 12.8 Å². The Morgan fingerprint density at radius 3 is 2.77 bits per heavy atom. The summed E-state index contributed by atoms with van der Waals surface area (Å²) in [4.78, 5) is 11.1. The Bertz CT molecular complexity index is 318. The van der Waals surface area contributed by atoms with Crippen molar-refractivity contribution in [1.29, 1.82) is 0 Å². The van der Waals surface area contributed by atoms with Crippen molar-refractivity contribution in [2.24, 2.45) is 0 Å². The van der Waals surface area contributed by atoms with E-state index in [2.05, 4.69) is 6.58 Å². The lowest BCUT2D eigenvalue weighted by molar-refractivity contribution is -0.117. The highest BCUT2D eigenvalue weighted by atomic mass is 19.1. The van der Waals surface area contributed by atoms with E-state index >= 15 is 0 Å². The van der Waals surface area contributed by atoms with Crippen LogP contribution in [0.3, 0.4) is 0 Å². The minimum Gasteiger partial charge on any atom is -0.299 e. The van der Waals surface area contributed by atoms with Gasteiger partial charge in [-0.1, -0.05) is 24.3 Å². The zero-order valence-electron chi connectivity index (χ0n) is 7.29. The van der Waals surface area contributed by atoms with Gasteiger partial charge in [0.1, 0.15) is 11.6 Å². The molecule has 0 fully saturated rings. The quantitative estimate of drug-likeness (QED) is 0.647. The van der Waals surface area contributed by atoms with E-state index in [1.54, 1.807) is 18.2 Å². The molecule has 0 saturated heterocycles. The second-order valence-electron chi connectivity index (χ2n) is 2.80. The number of ketones is 1. The van der Waals surface area contributed by atoms with Crippen molar-refractivity contribution >= 4 is 5.78 Å². The Morgan fingerprint density at radius 2 is 2.15 bits per heavy atom. The molecular weight excluding hydrogens is 167 g/mol. The van der Waals surface area contributed by atoms with E-state index in [1.165, 1.54) is 12.1 Å². The fourth-order valence-corrected chi connectivity index (χ4v) is 1.09. The zero-order chi connectivity index (χ0) is 9.68. The van der Waals surface area contributed by atoms with Gasteiger partial charge in [-0.3, -0.25) is 4.79 Å². The van der Waals surface area contributed by atoms with Crippen LogP contribution in [0.1, 0.15) is 12.0 Å². The van der Waals surface area contributed by atoms with Crippen molar-refractivity contribution in [2.45, 2.75) is 12.8 Å². The van der Waals surface area contributed by atoms with Gasteiger partial charge in [-0.15, -0.1) is 6.58 Å². The molecule has 0 aromatic heterocycles. The summed E-state index contributed by atoms with van der Waals surface area (Å²) in [5.41, 5.74) is 0.453. The van der Waals surface area contributed by atoms with E-state index in [9.17, 15) is 9.18 Å². The molecule has 1 rings (SSSR count). The number of carbonyl (C=O) groups excluding carboxylic acids is 1. The number of carbonyl (C=O) groups is 1. The minimum absolute atomic E-state index is 0.0138. The maximum absolute atomic E-state index is 13.0. The molecule has 13 heavy (non-hydrogen) atoms. The smallest absolute Gasteiger partial charge is 0.141 e. The Hall–Kier alpha value is -1.44. The average molecular weight is 178 g/mol. The number of benzene rings is 1. The maximum Gasteiger partial charge on any atom is 0.141 e. The van der Waals surface area contributed by atoms with E-state index in [1.807, 2.05) is 0 Å². The van der Waals surface area contributed by atoms with Crippen molar-refractivity contribution in [3.8, 4) is 0 Å². The van der Waals surface area contributed by atoms with E-state index < -0.39 is 0 Å². The number of rotatable bonds is 4. The second-order valence-corrected chi connectivity index (χ2v) is 2.80. The van der Waals surface area contributed by atoms with Gasteiger partial charge < -0.3 is 0 Å². The van der Waals surface area contributed by atoms with Gasteiger partial charge in [0.2, 0.25) is 0 Å². The van der Waals surface area contributed by atoms with Gasteiger partial charge in [-0.2, -0.15) is 0 Å². The van der Waals surface area contributed by atoms with Crippen molar-refractivity contribution < 1.29 is 9.18 Å². The maximum atomic E-state index is 13.0. The molecule has 0 amide bonds. The van der Waals surface area contributed by atoms with Crippen molar-refractivity contribution in [2.75, 3.05) is 0 Å². The number of allylic oxidation sites excluding steroid dienone is 1. The third kappa shape index (κ3) is 2.82. The highest BCUT2D eigenvalue weighted by Gasteiger charge is 2.05. The van der Waals surface area contributed by atoms with Crippen LogP contribution in [0.15, 0.2) is 36.9 Å². The van der Waals surface area contributed by atoms with E-state index in [0.29, 0.717) is 12.0 Å². The Kier molecular flexibility index (Phi) is 3.38. The first kappa shape index (κ1) is 9.65. The molecular formula is C11H11FO. The summed E-state index contributed by atoms with van der Waals surface area (Å²) in [6.45, 7) is 3.45. The molecule has 2 heteroatoms. The summed E-state index contributed by atoms with van der Waals surface area (Å²) in [6, 6.07) is 6.31. The molecule has 0 bridgehead atoms. The van der Waals surface area contributed by atoms with Crippen molar-refractivity contribution in [3.63, 3.8) is 0 Å². The normalized spacial score (nSPS) is 9.62. The van der Waals surface area contributed by atoms with Crippen LogP contribution in [0, 0.1) is 5.82 Å². The highest BCUT2D eigenvalue weighted by Crippen LogP contribution is 2.08. The van der Waals surface area contributed by atoms with Crippen LogP contribution in [0.25, 0.3) is 0 Å². The SMILES string of the molecule is C=CCC(=O)Cc1ccccc1F. The second kappa shape index (κ2) is 4.55. The molecule has 0 N–H and O–H groups in total. The Balaban J connectivity index is 2.68. The summed E-state index contributed by atoms with van der Waals surface area (Å²) in [5, 5.41) is 0. The van der Waals surface area contributed by atoms with Crippen LogP contribution >= 0.6 is 0 Å². The molecule has 0 radical (unpaired) electrons. The molecule has 1 aromatic carbocycles. The van der Waals surface area contributed by atoms with E-state index in [0.717, 1.165) is 0 Å². The van der Waals surface area contributed by atoms with Crippen LogP contribution in [-0.2, 0) is 11.2 Å². The number of hydrogen-bond donors (Lipinski definition) is 0. The molecule has 0 heterocycles. The lowest BCUT2D eigenvalue weighted by atomic mass is 10.1. The third-order valence-electron chi connectivity index (χ3n) is 1.72. The summed E-state index contributed by atoms with van der Waals surface area (Å²) in [5.74, 6) is -0.333. The number of hydrogen-bond acceptors (Lipinski definition) is 1. The van der Waals surface area contributed by atoms with Gasteiger partial charge in [0.05, 0.1) is 0 Å². The first-order chi connectivity index (χ1) is 6.24. The molecule has 0 spiro atoms.